The molecule has 2 aliphatic heterocycles. The van der Waals surface area contributed by atoms with Crippen molar-refractivity contribution >= 4 is 64.2 Å². The number of Topliss-reactive ketones (excluding diaryl/α,β-unsaturated/α-hetero) is 2. The number of ether oxygens (including phenoxy) is 4. The van der Waals surface area contributed by atoms with Crippen LogP contribution in [-0.2, 0) is 53.7 Å². The molecule has 18 nitrogen and oxygen atoms in total. The van der Waals surface area contributed by atoms with Gasteiger partial charge in [-0.3, -0.25) is 34.3 Å². The van der Waals surface area contributed by atoms with E-state index >= 15 is 0 Å². The Morgan fingerprint density at radius 3 is 1.42 bits per heavy atom. The maximum absolute atomic E-state index is 14.6. The average molecular weight is 1280 g/mol. The molecule has 0 saturated carbocycles. The summed E-state index contributed by atoms with van der Waals surface area (Å²) in [5, 5.41) is 17.7. The van der Waals surface area contributed by atoms with Crippen LogP contribution in [0.5, 0.6) is 0 Å². The number of hydrogen-bond acceptors (Lipinski definition) is 16. The number of amides is 2. The van der Waals surface area contributed by atoms with Crippen LogP contribution in [0.4, 0.5) is 53.5 Å². The maximum atomic E-state index is 14.6. The smallest absolute Gasteiger partial charge is 0.462 e. The molecule has 0 bridgehead atoms. The summed E-state index contributed by atoms with van der Waals surface area (Å²) in [6, 6.07) is 0.686. The summed E-state index contributed by atoms with van der Waals surface area (Å²) in [6.07, 6.45) is -11.2. The first-order chi connectivity index (χ1) is 38.8. The van der Waals surface area contributed by atoms with Gasteiger partial charge < -0.3 is 29.0 Å². The van der Waals surface area contributed by atoms with Crippen molar-refractivity contribution in [3.8, 4) is 11.3 Å². The van der Waals surface area contributed by atoms with Crippen LogP contribution in [0.1, 0.15) is 146 Å². The number of nitrogens with zero attached hydrogens (tertiary/aromatic N) is 6. The molecule has 0 radical (unpaired) electrons. The van der Waals surface area contributed by atoms with E-state index in [0.717, 1.165) is 29.6 Å². The molecule has 30 heteroatoms. The Kier molecular flexibility index (Phi) is 25.6. The number of aryl methyl sites for hydroxylation is 2. The molecule has 2 saturated heterocycles. The molecule has 85 heavy (non-hydrogen) atoms. The molecule has 2 fully saturated rings. The monoisotopic (exact) mass is 1280 g/mol. The predicted octanol–water partition coefficient (Wildman–Crippen LogP) is 10.5. The third kappa shape index (κ3) is 20.1. The SMILES string of the molecule is C.CCOC(=O)c1cc(-c2cc(CCC(=O)[C@@H]3C[C@@H](F)[C@H](C)N3C(=O)OC(C)(C)C)c(F)cn2)cnc1C(F)(F)F.CCOC(=O)c1cc(B(O)O)cnc1C(F)(F)F.C[C@H]1[C@H](F)C[C@@H](C(=O)CCc2cc(Br)ncc2F)N1C(=O)OC(C)(C)C. The largest absolute Gasteiger partial charge is 0.490 e. The normalized spacial score (nSPS) is 18.6. The number of ketones is 2. The Balaban J connectivity index is 0.000000361. The van der Waals surface area contributed by atoms with E-state index in [2.05, 4.69) is 40.6 Å². The second-order valence-corrected chi connectivity index (χ2v) is 21.9. The van der Waals surface area contributed by atoms with E-state index in [1.54, 1.807) is 48.5 Å². The molecular formula is C55H66BBrF10N6O12. The number of likely N-dealkylation sites (tertiary alicyclic amines) is 2. The highest BCUT2D eigenvalue weighted by molar-refractivity contribution is 9.10. The zero-order valence-corrected chi connectivity index (χ0v) is 48.7. The average Bonchev–Trinajstić information content (AvgIpc) is 2.68. The highest BCUT2D eigenvalue weighted by Gasteiger charge is 2.48. The Bertz CT molecular complexity index is 3020. The fraction of sp³-hybridized carbons (Fsp3) is 0.527. The number of halogens is 11. The minimum atomic E-state index is -4.92. The number of pyridine rings is 4. The molecule has 2 N–H and O–H groups in total. The topological polar surface area (TPSA) is 238 Å². The van der Waals surface area contributed by atoms with Gasteiger partial charge in [0.05, 0.1) is 66.6 Å². The van der Waals surface area contributed by atoms with E-state index in [1.165, 1.54) is 37.8 Å². The number of hydrogen-bond donors (Lipinski definition) is 2. The fourth-order valence-corrected chi connectivity index (χ4v) is 8.86. The minimum absolute atomic E-state index is 0. The standard InChI is InChI=1S/C27H30F5N3O5.C18H23BrF2N2O3.C9H9BF3NO4.CH4/c1-6-39-24(37)17-9-16(12-34-23(17)27(30,31)32)20-10-15(19(29)13-33-20)7-8-22(36)21-11-18(28)14(2)35(21)25(38)40-26(3,4)5;1-10-12(20)8-14(23(10)17(25)26-18(2,3)4)15(24)6-5-11-7-16(19)22-9-13(11)21;1-2-18-8(15)6-3-5(10(16)17)4-14-7(6)9(11,12)13;/h9-10,12-14,18,21H,6-8,11H2,1-5H3;7,9-10,12,14H,5-6,8H2,1-4H3;3-4,16-17H,2H2,1H3;1H4/t14-,18+,21-;10-,12+,14-;;/m00../s1. The second-order valence-electron chi connectivity index (χ2n) is 21.1. The molecule has 6 heterocycles. The highest BCUT2D eigenvalue weighted by Crippen LogP contribution is 2.36. The van der Waals surface area contributed by atoms with Gasteiger partial charge >= 0.3 is 43.6 Å². The Morgan fingerprint density at radius 2 is 1.02 bits per heavy atom. The van der Waals surface area contributed by atoms with E-state index in [0.29, 0.717) is 22.4 Å². The van der Waals surface area contributed by atoms with Crippen molar-refractivity contribution in [1.82, 2.24) is 29.7 Å². The molecular weight excluding hydrogens is 1220 g/mol. The number of esters is 2. The van der Waals surface area contributed by atoms with Gasteiger partial charge in [-0.1, -0.05) is 7.43 Å². The molecule has 6 rings (SSSR count). The Hall–Kier alpha value is -6.82. The zero-order chi connectivity index (χ0) is 63.6. The number of aromatic nitrogens is 4. The van der Waals surface area contributed by atoms with Gasteiger partial charge in [0.1, 0.15) is 39.8 Å². The third-order valence-corrected chi connectivity index (χ3v) is 12.9. The molecule has 2 aliphatic rings. The van der Waals surface area contributed by atoms with Gasteiger partial charge in [0.25, 0.3) is 0 Å². The van der Waals surface area contributed by atoms with E-state index in [-0.39, 0.29) is 87.2 Å². The first kappa shape index (κ1) is 72.4. The Labute approximate surface area is 492 Å². The molecule has 0 aliphatic carbocycles. The summed E-state index contributed by atoms with van der Waals surface area (Å²) in [7, 11) is -2.02. The summed E-state index contributed by atoms with van der Waals surface area (Å²) in [4.78, 5) is 90.6. The van der Waals surface area contributed by atoms with Crippen LogP contribution in [0.25, 0.3) is 11.3 Å². The van der Waals surface area contributed by atoms with Crippen molar-refractivity contribution < 1.29 is 102 Å². The lowest BCUT2D eigenvalue weighted by atomic mass is 9.80. The Morgan fingerprint density at radius 1 is 0.624 bits per heavy atom. The molecule has 2 amide bonds. The lowest BCUT2D eigenvalue weighted by molar-refractivity contribution is -0.142. The zero-order valence-electron chi connectivity index (χ0n) is 47.1. The van der Waals surface area contributed by atoms with Gasteiger partial charge in [-0.15, -0.1) is 0 Å². The lowest BCUT2D eigenvalue weighted by Gasteiger charge is -2.30. The molecule has 0 aromatic carbocycles. The van der Waals surface area contributed by atoms with Gasteiger partial charge in [-0.05, 0) is 133 Å². The molecule has 0 unspecified atom stereocenters. The van der Waals surface area contributed by atoms with E-state index in [9.17, 15) is 72.7 Å². The fourth-order valence-electron chi connectivity index (χ4n) is 8.48. The number of alkyl halides is 8. The first-order valence-electron chi connectivity index (χ1n) is 26.0. The summed E-state index contributed by atoms with van der Waals surface area (Å²) < 4.78 is 155. The van der Waals surface area contributed by atoms with E-state index in [4.69, 9.17) is 24.3 Å². The van der Waals surface area contributed by atoms with Crippen LogP contribution in [0.15, 0.2) is 53.7 Å². The van der Waals surface area contributed by atoms with Crippen molar-refractivity contribution in [3.05, 3.63) is 98.9 Å². The van der Waals surface area contributed by atoms with Crippen LogP contribution in [0.3, 0.4) is 0 Å². The number of carbonyl (C=O) groups excluding carboxylic acids is 6. The van der Waals surface area contributed by atoms with Crippen molar-refractivity contribution in [2.75, 3.05) is 13.2 Å². The van der Waals surface area contributed by atoms with Crippen LogP contribution in [0.2, 0.25) is 0 Å². The summed E-state index contributed by atoms with van der Waals surface area (Å²) in [5.74, 6) is -4.56. The minimum Gasteiger partial charge on any atom is -0.462 e. The van der Waals surface area contributed by atoms with Gasteiger partial charge in [0, 0.05) is 49.1 Å². The number of carbonyl (C=O) groups is 6. The lowest BCUT2D eigenvalue weighted by Crippen LogP contribution is -2.47. The van der Waals surface area contributed by atoms with E-state index in [1.807, 2.05) is 0 Å². The van der Waals surface area contributed by atoms with E-state index < -0.39 is 131 Å². The van der Waals surface area contributed by atoms with Gasteiger partial charge in [-0.25, -0.2) is 41.7 Å². The van der Waals surface area contributed by atoms with Gasteiger partial charge in [0.15, 0.2) is 23.0 Å². The maximum Gasteiger partial charge on any atom is 0.490 e. The highest BCUT2D eigenvalue weighted by atomic mass is 79.9. The van der Waals surface area contributed by atoms with Gasteiger partial charge in [-0.2, -0.15) is 26.3 Å². The predicted molar refractivity (Wildman–Crippen MR) is 290 cm³/mol. The van der Waals surface area contributed by atoms with Crippen LogP contribution in [0, 0.1) is 11.6 Å². The number of rotatable bonds is 14. The second kappa shape index (κ2) is 30.0. The quantitative estimate of drug-likeness (QED) is 0.0392. The molecule has 4 aromatic heterocycles. The molecule has 0 spiro atoms. The molecule has 4 aromatic rings. The summed E-state index contributed by atoms with van der Waals surface area (Å²) in [6.45, 7) is 15.7. The van der Waals surface area contributed by atoms with Crippen molar-refractivity contribution in [1.29, 1.82) is 0 Å². The van der Waals surface area contributed by atoms with Crippen molar-refractivity contribution in [2.24, 2.45) is 0 Å². The summed E-state index contributed by atoms with van der Waals surface area (Å²) >= 11 is 3.16. The van der Waals surface area contributed by atoms with Crippen molar-refractivity contribution in [3.63, 3.8) is 0 Å². The molecule has 468 valence electrons. The van der Waals surface area contributed by atoms with Crippen LogP contribution >= 0.6 is 15.9 Å². The van der Waals surface area contributed by atoms with Gasteiger partial charge in [0.2, 0.25) is 0 Å². The van der Waals surface area contributed by atoms with Crippen LogP contribution < -0.4 is 5.46 Å². The molecule has 6 atom stereocenters. The summed E-state index contributed by atoms with van der Waals surface area (Å²) in [5.41, 5.74) is -6.14. The third-order valence-electron chi connectivity index (χ3n) is 12.5. The first-order valence-corrected chi connectivity index (χ1v) is 26.7. The van der Waals surface area contributed by atoms with Crippen LogP contribution in [-0.4, -0.2) is 144 Å². The van der Waals surface area contributed by atoms with Crippen molar-refractivity contribution in [2.45, 2.75) is 175 Å².